The molecule has 0 radical (unpaired) electrons. The molecular weight excluding hydrogens is 488 g/mol. The molecule has 1 heterocycles. The van der Waals surface area contributed by atoms with Crippen LogP contribution in [0, 0.1) is 16.0 Å². The Hall–Kier alpha value is -2.94. The van der Waals surface area contributed by atoms with E-state index >= 15 is 0 Å². The van der Waals surface area contributed by atoms with E-state index in [4.69, 9.17) is 0 Å². The van der Waals surface area contributed by atoms with Gasteiger partial charge in [0.1, 0.15) is 0 Å². The molecule has 3 amide bonds. The van der Waals surface area contributed by atoms with Crippen molar-refractivity contribution >= 4 is 33.6 Å². The number of nitro groups is 1. The molecule has 1 aliphatic heterocycles. The van der Waals surface area contributed by atoms with Crippen molar-refractivity contribution in [1.82, 2.24) is 15.1 Å². The molecule has 4 rings (SSSR count). The van der Waals surface area contributed by atoms with Crippen LogP contribution >= 0.6 is 15.9 Å². The molecule has 2 aromatic carbocycles. The van der Waals surface area contributed by atoms with Gasteiger partial charge in [-0.05, 0) is 48.8 Å². The maximum atomic E-state index is 13.0. The Morgan fingerprint density at radius 1 is 1.12 bits per heavy atom. The highest BCUT2D eigenvalue weighted by Crippen LogP contribution is 2.35. The molecule has 0 spiro atoms. The standard InChI is InChI=1S/C24H27BrN4O4/c25-21-5-2-1-4-20(21)22-6-3-13-28(22)23(30)14-26-24(31)27(15-17-7-8-17)16-18-9-11-19(12-10-18)29(32)33/h1-2,4-5,9-12,17,22H,3,6-8,13-16H2,(H,26,31)/t22-/m0/s1. The molecule has 2 fully saturated rings. The lowest BCUT2D eigenvalue weighted by Gasteiger charge is -2.27. The topological polar surface area (TPSA) is 95.8 Å². The SMILES string of the molecule is O=C(NCC(=O)N1CCC[C@H]1c1ccccc1Br)N(Cc1ccc([N+](=O)[O-])cc1)CC1CC1. The van der Waals surface area contributed by atoms with Crippen LogP contribution in [-0.4, -0.2) is 46.3 Å². The molecule has 33 heavy (non-hydrogen) atoms. The van der Waals surface area contributed by atoms with E-state index in [1.807, 2.05) is 29.2 Å². The van der Waals surface area contributed by atoms with E-state index in [2.05, 4.69) is 21.2 Å². The minimum absolute atomic E-state index is 0.00709. The maximum Gasteiger partial charge on any atom is 0.318 e. The number of halogens is 1. The number of urea groups is 1. The number of rotatable bonds is 8. The number of likely N-dealkylation sites (tertiary alicyclic amines) is 1. The van der Waals surface area contributed by atoms with Gasteiger partial charge in [-0.1, -0.05) is 46.3 Å². The van der Waals surface area contributed by atoms with Crippen LogP contribution in [-0.2, 0) is 11.3 Å². The van der Waals surface area contributed by atoms with Gasteiger partial charge in [0.25, 0.3) is 5.69 Å². The van der Waals surface area contributed by atoms with E-state index in [0.29, 0.717) is 25.6 Å². The van der Waals surface area contributed by atoms with Crippen LogP contribution < -0.4 is 5.32 Å². The van der Waals surface area contributed by atoms with E-state index in [0.717, 1.165) is 41.3 Å². The summed E-state index contributed by atoms with van der Waals surface area (Å²) < 4.78 is 0.984. The molecule has 2 aromatic rings. The molecule has 1 N–H and O–H groups in total. The number of hydrogen-bond acceptors (Lipinski definition) is 4. The van der Waals surface area contributed by atoms with Crippen LogP contribution in [0.3, 0.4) is 0 Å². The lowest BCUT2D eigenvalue weighted by atomic mass is 10.0. The van der Waals surface area contributed by atoms with Crippen LogP contribution in [0.5, 0.6) is 0 Å². The number of non-ortho nitro benzene ring substituents is 1. The number of nitro benzene ring substituents is 1. The van der Waals surface area contributed by atoms with Gasteiger partial charge in [0.05, 0.1) is 17.5 Å². The van der Waals surface area contributed by atoms with Crippen LogP contribution in [0.15, 0.2) is 53.0 Å². The van der Waals surface area contributed by atoms with Crippen molar-refractivity contribution in [2.24, 2.45) is 5.92 Å². The van der Waals surface area contributed by atoms with E-state index in [1.54, 1.807) is 17.0 Å². The first-order chi connectivity index (χ1) is 15.9. The average molecular weight is 515 g/mol. The highest BCUT2D eigenvalue weighted by Gasteiger charge is 2.32. The second kappa shape index (κ2) is 10.3. The molecule has 1 atom stereocenters. The summed E-state index contributed by atoms with van der Waals surface area (Å²) in [7, 11) is 0. The summed E-state index contributed by atoms with van der Waals surface area (Å²) in [5.41, 5.74) is 1.92. The fourth-order valence-corrected chi connectivity index (χ4v) is 4.82. The third-order valence-electron chi connectivity index (χ3n) is 6.21. The van der Waals surface area contributed by atoms with Crippen LogP contribution in [0.4, 0.5) is 10.5 Å². The fraction of sp³-hybridized carbons (Fsp3) is 0.417. The van der Waals surface area contributed by atoms with Gasteiger partial charge in [-0.3, -0.25) is 14.9 Å². The van der Waals surface area contributed by atoms with Crippen molar-refractivity contribution in [3.05, 3.63) is 74.2 Å². The van der Waals surface area contributed by atoms with Crippen molar-refractivity contribution < 1.29 is 14.5 Å². The van der Waals surface area contributed by atoms with Gasteiger partial charge in [0, 0.05) is 36.2 Å². The predicted molar refractivity (Wildman–Crippen MR) is 127 cm³/mol. The van der Waals surface area contributed by atoms with Crippen LogP contribution in [0.1, 0.15) is 42.9 Å². The van der Waals surface area contributed by atoms with Gasteiger partial charge in [-0.25, -0.2) is 4.79 Å². The zero-order valence-electron chi connectivity index (χ0n) is 18.3. The Labute approximate surface area is 201 Å². The van der Waals surface area contributed by atoms with E-state index in [-0.39, 0.29) is 30.2 Å². The summed E-state index contributed by atoms with van der Waals surface area (Å²) in [6.45, 7) is 1.58. The van der Waals surface area contributed by atoms with Crippen LogP contribution in [0.25, 0.3) is 0 Å². The van der Waals surface area contributed by atoms with Gasteiger partial charge in [0.15, 0.2) is 0 Å². The quantitative estimate of drug-likeness (QED) is 0.409. The lowest BCUT2D eigenvalue weighted by molar-refractivity contribution is -0.384. The summed E-state index contributed by atoms with van der Waals surface area (Å²) >= 11 is 3.59. The smallest absolute Gasteiger partial charge is 0.318 e. The first kappa shape index (κ1) is 23.2. The summed E-state index contributed by atoms with van der Waals surface area (Å²) in [5.74, 6) is 0.381. The van der Waals surface area contributed by atoms with E-state index in [1.165, 1.54) is 12.1 Å². The number of carbonyl (C=O) groups excluding carboxylic acids is 2. The molecule has 9 heteroatoms. The Bertz CT molecular complexity index is 1030. The highest BCUT2D eigenvalue weighted by molar-refractivity contribution is 9.10. The number of amides is 3. The largest absolute Gasteiger partial charge is 0.334 e. The number of carbonyl (C=O) groups is 2. The second-order valence-corrected chi connectivity index (χ2v) is 9.53. The zero-order chi connectivity index (χ0) is 23.4. The molecule has 174 valence electrons. The highest BCUT2D eigenvalue weighted by atomic mass is 79.9. The Morgan fingerprint density at radius 3 is 2.52 bits per heavy atom. The molecule has 1 aliphatic carbocycles. The molecule has 1 saturated heterocycles. The summed E-state index contributed by atoms with van der Waals surface area (Å²) in [5, 5.41) is 13.7. The Balaban J connectivity index is 1.37. The monoisotopic (exact) mass is 514 g/mol. The molecule has 0 unspecified atom stereocenters. The molecule has 0 aromatic heterocycles. The molecule has 8 nitrogen and oxygen atoms in total. The van der Waals surface area contributed by atoms with Crippen molar-refractivity contribution in [2.75, 3.05) is 19.6 Å². The third kappa shape index (κ3) is 5.90. The van der Waals surface area contributed by atoms with Gasteiger partial charge < -0.3 is 15.1 Å². The summed E-state index contributed by atoms with van der Waals surface area (Å²) in [6.07, 6.45) is 4.00. The second-order valence-electron chi connectivity index (χ2n) is 8.67. The van der Waals surface area contributed by atoms with E-state index < -0.39 is 4.92 Å². The van der Waals surface area contributed by atoms with Crippen molar-refractivity contribution in [3.8, 4) is 0 Å². The number of nitrogens with zero attached hydrogens (tertiary/aromatic N) is 3. The van der Waals surface area contributed by atoms with Gasteiger partial charge in [-0.15, -0.1) is 0 Å². The number of nitrogens with one attached hydrogen (secondary N) is 1. The molecule has 1 saturated carbocycles. The Morgan fingerprint density at radius 2 is 1.85 bits per heavy atom. The van der Waals surface area contributed by atoms with Gasteiger partial charge >= 0.3 is 6.03 Å². The van der Waals surface area contributed by atoms with Crippen LogP contribution in [0.2, 0.25) is 0 Å². The first-order valence-electron chi connectivity index (χ1n) is 11.2. The number of benzene rings is 2. The van der Waals surface area contributed by atoms with Crippen molar-refractivity contribution in [1.29, 1.82) is 0 Å². The zero-order valence-corrected chi connectivity index (χ0v) is 19.9. The summed E-state index contributed by atoms with van der Waals surface area (Å²) in [6, 6.07) is 13.9. The molecule has 0 bridgehead atoms. The van der Waals surface area contributed by atoms with Crippen molar-refractivity contribution in [2.45, 2.75) is 38.3 Å². The third-order valence-corrected chi connectivity index (χ3v) is 6.93. The molecule has 2 aliphatic rings. The maximum absolute atomic E-state index is 13.0. The minimum Gasteiger partial charge on any atom is -0.334 e. The van der Waals surface area contributed by atoms with Gasteiger partial charge in [0.2, 0.25) is 5.91 Å². The lowest BCUT2D eigenvalue weighted by Crippen LogP contribution is -2.45. The average Bonchev–Trinajstić information content (AvgIpc) is 3.50. The first-order valence-corrected chi connectivity index (χ1v) is 12.0. The normalized spacial score (nSPS) is 17.6. The van der Waals surface area contributed by atoms with Gasteiger partial charge in [-0.2, -0.15) is 0 Å². The van der Waals surface area contributed by atoms with Crippen molar-refractivity contribution in [3.63, 3.8) is 0 Å². The summed E-state index contributed by atoms with van der Waals surface area (Å²) in [4.78, 5) is 39.9. The fourth-order valence-electron chi connectivity index (χ4n) is 4.27. The molecular formula is C24H27BrN4O4. The number of hydrogen-bond donors (Lipinski definition) is 1. The Kier molecular flexibility index (Phi) is 7.27. The predicted octanol–water partition coefficient (Wildman–Crippen LogP) is 4.64. The van der Waals surface area contributed by atoms with E-state index in [9.17, 15) is 19.7 Å². The minimum atomic E-state index is -0.441.